The highest BCUT2D eigenvalue weighted by molar-refractivity contribution is 7.99. The zero-order valence-corrected chi connectivity index (χ0v) is 19.0. The summed E-state index contributed by atoms with van der Waals surface area (Å²) in [6, 6.07) is 1.97. The summed E-state index contributed by atoms with van der Waals surface area (Å²) in [7, 11) is 0. The molecule has 0 saturated carbocycles. The average molecular weight is 452 g/mol. The number of alkyl halides is 2. The van der Waals surface area contributed by atoms with Gasteiger partial charge in [-0.25, -0.2) is 23.7 Å². The molecule has 2 aromatic rings. The second kappa shape index (κ2) is 12.5. The Morgan fingerprint density at radius 2 is 2.06 bits per heavy atom. The van der Waals surface area contributed by atoms with Gasteiger partial charge in [0.15, 0.2) is 0 Å². The van der Waals surface area contributed by atoms with Crippen molar-refractivity contribution in [1.82, 2.24) is 19.9 Å². The van der Waals surface area contributed by atoms with E-state index in [1.807, 2.05) is 17.8 Å². The first-order valence-corrected chi connectivity index (χ1v) is 11.5. The van der Waals surface area contributed by atoms with Gasteiger partial charge in [-0.3, -0.25) is 5.41 Å². The number of nitrogens with two attached hydrogens (primary N) is 1. The van der Waals surface area contributed by atoms with E-state index in [2.05, 4.69) is 45.6 Å². The van der Waals surface area contributed by atoms with Gasteiger partial charge < -0.3 is 15.6 Å². The largest absolute Gasteiger partial charge is 0.355 e. The Bertz CT molecular complexity index is 844. The van der Waals surface area contributed by atoms with Crippen LogP contribution in [0.3, 0.4) is 0 Å². The molecule has 2 unspecified atom stereocenters. The zero-order valence-electron chi connectivity index (χ0n) is 18.2. The number of aromatic nitrogens is 4. The van der Waals surface area contributed by atoms with Crippen molar-refractivity contribution in [2.45, 2.75) is 39.7 Å². The fourth-order valence-corrected chi connectivity index (χ4v) is 3.66. The van der Waals surface area contributed by atoms with Crippen LogP contribution in [0.5, 0.6) is 0 Å². The van der Waals surface area contributed by atoms with Gasteiger partial charge in [0.2, 0.25) is 0 Å². The minimum atomic E-state index is -2.80. The number of imidazole rings is 1. The van der Waals surface area contributed by atoms with Gasteiger partial charge in [-0.1, -0.05) is 20.8 Å². The average Bonchev–Trinajstić information content (AvgIpc) is 3.21. The number of rotatable bonds is 7. The molecular formula is C21H31F2N7S. The number of allylic oxidation sites excluding steroid dienone is 1. The first kappa shape index (κ1) is 24.9. The summed E-state index contributed by atoms with van der Waals surface area (Å²) in [4.78, 5) is 17.9. The van der Waals surface area contributed by atoms with Crippen LogP contribution in [0.15, 0.2) is 24.7 Å². The van der Waals surface area contributed by atoms with Crippen molar-refractivity contribution in [2.75, 3.05) is 29.5 Å². The molecule has 31 heavy (non-hydrogen) atoms. The molecule has 3 heterocycles. The van der Waals surface area contributed by atoms with Crippen molar-refractivity contribution in [3.8, 4) is 11.4 Å². The van der Waals surface area contributed by atoms with Crippen LogP contribution in [0.2, 0.25) is 0 Å². The molecule has 0 spiro atoms. The molecule has 7 nitrogen and oxygen atoms in total. The summed E-state index contributed by atoms with van der Waals surface area (Å²) in [6.07, 6.45) is 3.61. The minimum absolute atomic E-state index is 0.117. The topological polar surface area (TPSA) is 108 Å². The van der Waals surface area contributed by atoms with Crippen molar-refractivity contribution in [1.29, 1.82) is 5.41 Å². The van der Waals surface area contributed by atoms with E-state index in [0.717, 1.165) is 31.4 Å². The van der Waals surface area contributed by atoms with Gasteiger partial charge in [-0.05, 0) is 36.0 Å². The van der Waals surface area contributed by atoms with Crippen LogP contribution in [0, 0.1) is 11.3 Å². The van der Waals surface area contributed by atoms with Crippen molar-refractivity contribution in [3.05, 3.63) is 30.5 Å². The number of aromatic amines is 1. The van der Waals surface area contributed by atoms with Gasteiger partial charge in [-0.2, -0.15) is 11.8 Å². The summed E-state index contributed by atoms with van der Waals surface area (Å²) in [5, 5.41) is 7.12. The lowest BCUT2D eigenvalue weighted by atomic mass is 9.96. The number of nitrogens with zero attached hydrogens (tertiary/aromatic N) is 4. The minimum Gasteiger partial charge on any atom is -0.355 e. The Morgan fingerprint density at radius 1 is 1.32 bits per heavy atom. The Hall–Kier alpha value is -2.33. The van der Waals surface area contributed by atoms with E-state index in [4.69, 9.17) is 11.1 Å². The molecule has 1 aliphatic heterocycles. The number of halogens is 2. The van der Waals surface area contributed by atoms with Crippen molar-refractivity contribution in [2.24, 2.45) is 11.7 Å². The normalized spacial score (nSPS) is 18.9. The molecule has 10 heteroatoms. The molecule has 0 radical (unpaired) electrons. The van der Waals surface area contributed by atoms with Crippen molar-refractivity contribution in [3.63, 3.8) is 0 Å². The summed E-state index contributed by atoms with van der Waals surface area (Å²) in [5.74, 6) is 4.18. The molecule has 3 rings (SSSR count). The van der Waals surface area contributed by atoms with Crippen LogP contribution in [-0.2, 0) is 0 Å². The SMILES string of the molecule is CC1CC(N)CN(c2cc(-c3cnc(/C=C\C(=N)C(F)F)[nH]3)ncn2)C1.CCSCC. The molecule has 2 atom stereocenters. The maximum atomic E-state index is 12.3. The maximum Gasteiger partial charge on any atom is 0.279 e. The fraction of sp³-hybridized carbons (Fsp3) is 0.524. The van der Waals surface area contributed by atoms with Crippen LogP contribution in [0.4, 0.5) is 14.6 Å². The quantitative estimate of drug-likeness (QED) is 0.547. The third-order valence-electron chi connectivity index (χ3n) is 4.60. The molecule has 0 aliphatic carbocycles. The second-order valence-electron chi connectivity index (χ2n) is 7.32. The Labute approximate surface area is 186 Å². The van der Waals surface area contributed by atoms with Gasteiger partial charge in [0.1, 0.15) is 18.0 Å². The molecule has 4 N–H and O–H groups in total. The number of H-pyrrole nitrogens is 1. The standard InChI is InChI=1S/C17H21F2N7.C4H10S/c1-10-4-11(20)8-26(7-10)16-5-13(23-9-24-16)14-6-22-15(25-14)3-2-12(21)17(18)19;1-3-5-4-2/h2-3,5-6,9-11,17,21H,4,7-8,20H2,1H3,(H,22,25);3-4H2,1-2H3/b3-2-,21-12?;. The maximum absolute atomic E-state index is 12.3. The molecule has 0 amide bonds. The number of anilines is 1. The number of hydrogen-bond acceptors (Lipinski definition) is 7. The summed E-state index contributed by atoms with van der Waals surface area (Å²) >= 11 is 1.96. The Balaban J connectivity index is 0.000000614. The van der Waals surface area contributed by atoms with Crippen LogP contribution in [0.1, 0.15) is 33.0 Å². The van der Waals surface area contributed by atoms with Gasteiger partial charge in [-0.15, -0.1) is 0 Å². The zero-order chi connectivity index (χ0) is 22.8. The molecule has 0 bridgehead atoms. The lowest BCUT2D eigenvalue weighted by Gasteiger charge is -2.35. The first-order valence-electron chi connectivity index (χ1n) is 10.3. The molecule has 2 aromatic heterocycles. The number of nitrogens with one attached hydrogen (secondary N) is 2. The van der Waals surface area contributed by atoms with E-state index >= 15 is 0 Å². The van der Waals surface area contributed by atoms with E-state index in [0.29, 0.717) is 23.1 Å². The lowest BCUT2D eigenvalue weighted by molar-refractivity contribution is 0.226. The van der Waals surface area contributed by atoms with Gasteiger partial charge in [0.05, 0.1) is 23.3 Å². The highest BCUT2D eigenvalue weighted by atomic mass is 32.2. The molecule has 1 fully saturated rings. The molecule has 170 valence electrons. The third kappa shape index (κ3) is 8.02. The smallest absolute Gasteiger partial charge is 0.279 e. The van der Waals surface area contributed by atoms with E-state index in [-0.39, 0.29) is 6.04 Å². The fourth-order valence-electron chi connectivity index (χ4n) is 3.25. The monoisotopic (exact) mass is 451 g/mol. The van der Waals surface area contributed by atoms with E-state index in [9.17, 15) is 8.78 Å². The van der Waals surface area contributed by atoms with Crippen LogP contribution in [0.25, 0.3) is 17.5 Å². The first-order chi connectivity index (χ1) is 14.8. The highest BCUT2D eigenvalue weighted by Crippen LogP contribution is 2.24. The highest BCUT2D eigenvalue weighted by Gasteiger charge is 2.23. The Morgan fingerprint density at radius 3 is 2.68 bits per heavy atom. The van der Waals surface area contributed by atoms with Crippen LogP contribution < -0.4 is 10.6 Å². The van der Waals surface area contributed by atoms with Crippen LogP contribution in [-0.4, -0.2) is 62.7 Å². The molecule has 1 saturated heterocycles. The molecular weight excluding hydrogens is 420 g/mol. The second-order valence-corrected chi connectivity index (χ2v) is 8.88. The number of hydrogen-bond donors (Lipinski definition) is 3. The van der Waals surface area contributed by atoms with Gasteiger partial charge in [0, 0.05) is 25.2 Å². The lowest BCUT2D eigenvalue weighted by Crippen LogP contribution is -2.46. The number of piperidine rings is 1. The summed E-state index contributed by atoms with van der Waals surface area (Å²) in [6.45, 7) is 8.14. The molecule has 1 aliphatic rings. The molecule has 0 aromatic carbocycles. The van der Waals surface area contributed by atoms with Crippen molar-refractivity contribution < 1.29 is 8.78 Å². The van der Waals surface area contributed by atoms with Gasteiger partial charge >= 0.3 is 0 Å². The third-order valence-corrected chi connectivity index (χ3v) is 5.42. The van der Waals surface area contributed by atoms with Crippen molar-refractivity contribution >= 4 is 29.4 Å². The van der Waals surface area contributed by atoms with E-state index in [1.165, 1.54) is 23.9 Å². The number of thioether (sulfide) groups is 1. The Kier molecular flexibility index (Phi) is 10.1. The predicted molar refractivity (Wildman–Crippen MR) is 125 cm³/mol. The van der Waals surface area contributed by atoms with Gasteiger partial charge in [0.25, 0.3) is 6.43 Å². The predicted octanol–water partition coefficient (Wildman–Crippen LogP) is 4.10. The summed E-state index contributed by atoms with van der Waals surface area (Å²) in [5.41, 5.74) is 6.64. The van der Waals surface area contributed by atoms with Crippen LogP contribution >= 0.6 is 11.8 Å². The van der Waals surface area contributed by atoms with E-state index in [1.54, 1.807) is 6.20 Å². The summed E-state index contributed by atoms with van der Waals surface area (Å²) < 4.78 is 24.7. The van der Waals surface area contributed by atoms with E-state index < -0.39 is 12.1 Å².